The third kappa shape index (κ3) is 4.04. The molecular weight excluding hydrogens is 393 g/mol. The minimum Gasteiger partial charge on any atom is -0.467 e. The predicted octanol–water partition coefficient (Wildman–Crippen LogP) is 2.56. The van der Waals surface area contributed by atoms with Crippen LogP contribution in [0.4, 0.5) is 8.78 Å². The Morgan fingerprint density at radius 1 is 1.41 bits per heavy atom. The van der Waals surface area contributed by atoms with E-state index >= 15 is 0 Å². The summed E-state index contributed by atoms with van der Waals surface area (Å²) < 4.78 is 37.9. The van der Waals surface area contributed by atoms with Crippen molar-refractivity contribution in [1.29, 1.82) is 0 Å². The van der Waals surface area contributed by atoms with E-state index in [1.807, 2.05) is 0 Å². The van der Waals surface area contributed by atoms with E-state index in [0.717, 1.165) is 17.0 Å². The first kappa shape index (κ1) is 19.5. The fraction of sp³-hybridized carbons (Fsp3) is 0.357. The third-order valence-electron chi connectivity index (χ3n) is 2.98. The van der Waals surface area contributed by atoms with E-state index in [9.17, 15) is 13.6 Å². The monoisotopic (exact) mass is 405 g/mol. The molecule has 0 saturated heterocycles. The van der Waals surface area contributed by atoms with Gasteiger partial charge in [0, 0.05) is 46.9 Å². The molecule has 0 aromatic heterocycles. The Labute approximate surface area is 157 Å². The fourth-order valence-electron chi connectivity index (χ4n) is 1.95. The Kier molecular flexibility index (Phi) is 7.39. The normalized spacial score (nSPS) is 17.9. The molecule has 1 radical (unpaired) electrons. The zero-order valence-corrected chi connectivity index (χ0v) is 15.6. The zero-order chi connectivity index (χ0) is 15.6. The Morgan fingerprint density at radius 2 is 2.00 bits per heavy atom. The van der Waals surface area contributed by atoms with Crippen molar-refractivity contribution in [3.8, 4) is 5.75 Å². The van der Waals surface area contributed by atoms with Crippen LogP contribution < -0.4 is 4.74 Å². The zero-order valence-electron chi connectivity index (χ0n) is 12.0. The molecule has 0 bridgehead atoms. The molecule has 1 atom stereocenters. The van der Waals surface area contributed by atoms with Crippen molar-refractivity contribution >= 4 is 23.2 Å². The minimum absolute atomic E-state index is 0. The maximum Gasteiger partial charge on any atom is 0.240 e. The molecule has 0 fully saturated rings. The molecule has 22 heavy (non-hydrogen) atoms. The van der Waals surface area contributed by atoms with Gasteiger partial charge in [-0.15, -0.1) is 17.3 Å². The van der Waals surface area contributed by atoms with Crippen molar-refractivity contribution in [2.24, 2.45) is 0 Å². The Hall–Kier alpha value is -0.556. The number of alkyl halides is 1. The first-order valence-corrected chi connectivity index (χ1v) is 6.53. The number of benzene rings is 1. The van der Waals surface area contributed by atoms with E-state index in [1.54, 1.807) is 0 Å². The van der Waals surface area contributed by atoms with Crippen LogP contribution in [-0.2, 0) is 42.2 Å². The smallest absolute Gasteiger partial charge is 0.240 e. The third-order valence-corrected chi connectivity index (χ3v) is 3.32. The van der Waals surface area contributed by atoms with E-state index in [-0.39, 0.29) is 62.9 Å². The second-order valence-corrected chi connectivity index (χ2v) is 4.93. The summed E-state index contributed by atoms with van der Waals surface area (Å²) in [5, 5.41) is -0.769. The summed E-state index contributed by atoms with van der Waals surface area (Å²) in [5.74, 6) is -2.13. The Bertz CT molecular complexity index is 574. The second kappa shape index (κ2) is 8.34. The van der Waals surface area contributed by atoms with Gasteiger partial charge in [-0.2, -0.15) is 0 Å². The van der Waals surface area contributed by atoms with Gasteiger partial charge in [0.05, 0.1) is 11.6 Å². The summed E-state index contributed by atoms with van der Waals surface area (Å²) in [6.07, 6.45) is 2.85. The SMILES string of the molecule is COCOc1cc(F)c(C2=[C-]CC(Cl)C(=O)N2C)c(F)c1.[Y]. The van der Waals surface area contributed by atoms with Crippen molar-refractivity contribution in [2.75, 3.05) is 21.0 Å². The van der Waals surface area contributed by atoms with Crippen LogP contribution in [0.2, 0.25) is 0 Å². The standard InChI is InChI=1S/C14H13ClF2NO3.Y/c1-18-12(4-3-9(15)14(18)19)13-10(16)5-8(6-11(13)17)21-7-20-2;/h5-6,9H,3,7H2,1-2H3;/q-1;. The molecule has 1 aliphatic heterocycles. The first-order valence-electron chi connectivity index (χ1n) is 6.09. The molecule has 1 unspecified atom stereocenters. The van der Waals surface area contributed by atoms with Crippen molar-refractivity contribution in [3.05, 3.63) is 35.4 Å². The molecule has 2 rings (SSSR count). The van der Waals surface area contributed by atoms with Crippen LogP contribution in [0.3, 0.4) is 0 Å². The largest absolute Gasteiger partial charge is 0.467 e. The van der Waals surface area contributed by atoms with Crippen LogP contribution in [-0.4, -0.2) is 37.1 Å². The minimum atomic E-state index is -0.851. The molecule has 4 nitrogen and oxygen atoms in total. The molecule has 1 aromatic carbocycles. The topological polar surface area (TPSA) is 38.8 Å². The van der Waals surface area contributed by atoms with Crippen LogP contribution in [0, 0.1) is 17.7 Å². The molecule has 117 valence electrons. The summed E-state index contributed by atoms with van der Waals surface area (Å²) in [5.41, 5.74) is -0.302. The summed E-state index contributed by atoms with van der Waals surface area (Å²) in [7, 11) is 2.79. The van der Waals surface area contributed by atoms with Gasteiger partial charge in [0.25, 0.3) is 0 Å². The van der Waals surface area contributed by atoms with Gasteiger partial charge in [-0.25, -0.2) is 14.9 Å². The molecular formula is C14H13ClF2NO3Y-. The summed E-state index contributed by atoms with van der Waals surface area (Å²) >= 11 is 5.79. The summed E-state index contributed by atoms with van der Waals surface area (Å²) in [6, 6.07) is 2.05. The van der Waals surface area contributed by atoms with Crippen molar-refractivity contribution < 1.29 is 55.8 Å². The number of hydrogen-bond donors (Lipinski definition) is 0. The van der Waals surface area contributed by atoms with Gasteiger partial charge in [-0.3, -0.25) is 4.79 Å². The maximum absolute atomic E-state index is 14.1. The van der Waals surface area contributed by atoms with Gasteiger partial charge in [-0.1, -0.05) is 12.0 Å². The fourth-order valence-corrected chi connectivity index (χ4v) is 2.18. The first-order chi connectivity index (χ1) is 9.95. The van der Waals surface area contributed by atoms with E-state index in [0.29, 0.717) is 0 Å². The number of ether oxygens (including phenoxy) is 2. The average Bonchev–Trinajstić information content (AvgIpc) is 2.44. The molecule has 1 aliphatic rings. The molecule has 0 saturated carbocycles. The van der Waals surface area contributed by atoms with Crippen LogP contribution in [0.15, 0.2) is 12.1 Å². The number of halogens is 3. The molecule has 0 aliphatic carbocycles. The quantitative estimate of drug-likeness (QED) is 0.439. The number of nitrogens with zero attached hydrogens (tertiary/aromatic N) is 1. The number of methoxy groups -OCH3 is 1. The van der Waals surface area contributed by atoms with Crippen molar-refractivity contribution in [3.63, 3.8) is 0 Å². The number of carbonyl (C=O) groups excluding carboxylic acids is 1. The van der Waals surface area contributed by atoms with Crippen molar-refractivity contribution in [2.45, 2.75) is 11.8 Å². The summed E-state index contributed by atoms with van der Waals surface area (Å²) in [4.78, 5) is 12.9. The Balaban J connectivity index is 0.00000242. The molecule has 1 aromatic rings. The predicted molar refractivity (Wildman–Crippen MR) is 72.5 cm³/mol. The second-order valence-electron chi connectivity index (χ2n) is 4.41. The van der Waals surface area contributed by atoms with Gasteiger partial charge in [0.15, 0.2) is 6.79 Å². The van der Waals surface area contributed by atoms with Crippen LogP contribution >= 0.6 is 11.6 Å². The van der Waals surface area contributed by atoms with Gasteiger partial charge < -0.3 is 14.4 Å². The van der Waals surface area contributed by atoms with E-state index in [2.05, 4.69) is 10.8 Å². The number of rotatable bonds is 4. The van der Waals surface area contributed by atoms with Crippen LogP contribution in [0.25, 0.3) is 5.70 Å². The van der Waals surface area contributed by atoms with Crippen LogP contribution in [0.5, 0.6) is 5.75 Å². The van der Waals surface area contributed by atoms with Gasteiger partial charge in [-0.05, 0) is 12.1 Å². The van der Waals surface area contributed by atoms with Gasteiger partial charge >= 0.3 is 0 Å². The number of hydrogen-bond acceptors (Lipinski definition) is 3. The number of carbonyl (C=O) groups is 1. The van der Waals surface area contributed by atoms with Crippen LogP contribution in [0.1, 0.15) is 12.0 Å². The molecule has 1 heterocycles. The molecule has 8 heteroatoms. The van der Waals surface area contributed by atoms with E-state index < -0.39 is 22.9 Å². The maximum atomic E-state index is 14.1. The number of allylic oxidation sites excluding steroid dienone is 1. The van der Waals surface area contributed by atoms with E-state index in [4.69, 9.17) is 16.3 Å². The van der Waals surface area contributed by atoms with Crippen molar-refractivity contribution in [1.82, 2.24) is 4.90 Å². The molecule has 0 N–H and O–H groups in total. The molecule has 0 spiro atoms. The molecule has 1 amide bonds. The average molecular weight is 406 g/mol. The van der Waals surface area contributed by atoms with Gasteiger partial charge in [0.2, 0.25) is 5.91 Å². The van der Waals surface area contributed by atoms with Gasteiger partial charge in [0.1, 0.15) is 11.1 Å². The Morgan fingerprint density at radius 3 is 2.55 bits per heavy atom. The summed E-state index contributed by atoms with van der Waals surface area (Å²) in [6.45, 7) is -0.126. The van der Waals surface area contributed by atoms with E-state index in [1.165, 1.54) is 14.2 Å². The number of amides is 1.